The number of pyridine rings is 1. The molecule has 10 heteroatoms. The number of carbonyl (C=O) groups excluding carboxylic acids is 2. The van der Waals surface area contributed by atoms with E-state index in [1.54, 1.807) is 47.0 Å². The number of fused-ring (bicyclic) bond motifs is 1. The standard InChI is InChI=1S/C26H23N7O3/c1-3-24(34)30-21-6-4-5-17(9-21)26(35)31-8-7-22(16-31)32-15-20(13-28-32)18-10-23(36-2)25-19(11-27)12-29-33(25)14-18/h3-6,9-10,12-15,22H,1,7-8,16H2,2H3,(H,30,34)/t22-/m0/s1. The van der Waals surface area contributed by atoms with Crippen LogP contribution < -0.4 is 10.1 Å². The summed E-state index contributed by atoms with van der Waals surface area (Å²) < 4.78 is 9.01. The van der Waals surface area contributed by atoms with Gasteiger partial charge in [0, 0.05) is 47.9 Å². The van der Waals surface area contributed by atoms with Crippen molar-refractivity contribution in [2.75, 3.05) is 25.5 Å². The number of aromatic nitrogens is 4. The lowest BCUT2D eigenvalue weighted by atomic mass is 10.1. The van der Waals surface area contributed by atoms with Gasteiger partial charge in [0.25, 0.3) is 5.91 Å². The normalized spacial score (nSPS) is 15.0. The monoisotopic (exact) mass is 481 g/mol. The zero-order valence-electron chi connectivity index (χ0n) is 19.6. The highest BCUT2D eigenvalue weighted by molar-refractivity contribution is 6.00. The molecule has 3 aromatic heterocycles. The smallest absolute Gasteiger partial charge is 0.254 e. The minimum absolute atomic E-state index is 0.0341. The fourth-order valence-electron chi connectivity index (χ4n) is 4.41. The Bertz CT molecular complexity index is 1530. The number of hydrogen-bond acceptors (Lipinski definition) is 6. The Hall–Kier alpha value is -4.91. The lowest BCUT2D eigenvalue weighted by Gasteiger charge is -2.17. The Balaban J connectivity index is 1.32. The van der Waals surface area contributed by atoms with Crippen LogP contribution in [0.3, 0.4) is 0 Å². The lowest BCUT2D eigenvalue weighted by molar-refractivity contribution is -0.111. The van der Waals surface area contributed by atoms with Crippen LogP contribution in [0.4, 0.5) is 5.69 Å². The molecule has 0 saturated carbocycles. The summed E-state index contributed by atoms with van der Waals surface area (Å²) in [6.07, 6.45) is 9.02. The Morgan fingerprint density at radius 1 is 1.22 bits per heavy atom. The van der Waals surface area contributed by atoms with Gasteiger partial charge in [-0.3, -0.25) is 14.3 Å². The summed E-state index contributed by atoms with van der Waals surface area (Å²) >= 11 is 0. The van der Waals surface area contributed by atoms with Gasteiger partial charge in [-0.1, -0.05) is 12.6 Å². The van der Waals surface area contributed by atoms with Crippen LogP contribution in [0.25, 0.3) is 16.6 Å². The van der Waals surface area contributed by atoms with Gasteiger partial charge in [-0.25, -0.2) is 4.52 Å². The van der Waals surface area contributed by atoms with Crippen molar-refractivity contribution in [2.24, 2.45) is 0 Å². The van der Waals surface area contributed by atoms with E-state index in [-0.39, 0.29) is 17.9 Å². The molecule has 180 valence electrons. The van der Waals surface area contributed by atoms with E-state index in [9.17, 15) is 14.9 Å². The zero-order chi connectivity index (χ0) is 25.2. The molecule has 0 spiro atoms. The predicted molar refractivity (Wildman–Crippen MR) is 133 cm³/mol. The topological polar surface area (TPSA) is 118 Å². The fraction of sp³-hybridized carbons (Fsp3) is 0.192. The molecule has 36 heavy (non-hydrogen) atoms. The number of amides is 2. The number of nitrogens with zero attached hydrogens (tertiary/aromatic N) is 6. The number of hydrogen-bond donors (Lipinski definition) is 1. The number of nitriles is 1. The van der Waals surface area contributed by atoms with Gasteiger partial charge in [0.1, 0.15) is 22.9 Å². The maximum Gasteiger partial charge on any atom is 0.254 e. The van der Waals surface area contributed by atoms with Crippen molar-refractivity contribution >= 4 is 23.0 Å². The molecule has 1 atom stereocenters. The molecule has 0 bridgehead atoms. The van der Waals surface area contributed by atoms with Gasteiger partial charge in [-0.15, -0.1) is 0 Å². The second kappa shape index (κ2) is 9.38. The quantitative estimate of drug-likeness (QED) is 0.422. The number of nitrogens with one attached hydrogen (secondary N) is 1. The molecule has 0 unspecified atom stereocenters. The van der Waals surface area contributed by atoms with E-state index in [0.717, 1.165) is 17.5 Å². The van der Waals surface area contributed by atoms with Crippen LogP contribution in [0.5, 0.6) is 5.75 Å². The van der Waals surface area contributed by atoms with Crippen molar-refractivity contribution in [3.63, 3.8) is 0 Å². The van der Waals surface area contributed by atoms with Crippen LogP contribution in [0.2, 0.25) is 0 Å². The van der Waals surface area contributed by atoms with Crippen molar-refractivity contribution in [3.8, 4) is 22.9 Å². The second-order valence-electron chi connectivity index (χ2n) is 8.44. The Morgan fingerprint density at radius 2 is 2.08 bits per heavy atom. The number of methoxy groups -OCH3 is 1. The van der Waals surface area contributed by atoms with Crippen molar-refractivity contribution < 1.29 is 14.3 Å². The maximum atomic E-state index is 13.1. The highest BCUT2D eigenvalue weighted by Gasteiger charge is 2.29. The van der Waals surface area contributed by atoms with Gasteiger partial charge in [0.15, 0.2) is 0 Å². The van der Waals surface area contributed by atoms with E-state index in [4.69, 9.17) is 4.74 Å². The summed E-state index contributed by atoms with van der Waals surface area (Å²) in [5, 5.41) is 20.8. The highest BCUT2D eigenvalue weighted by Crippen LogP contribution is 2.31. The SMILES string of the molecule is C=CC(=O)Nc1cccc(C(=O)N2CC[C@H](n3cc(-c4cc(OC)c5c(C#N)cnn5c4)cn3)C2)c1. The summed E-state index contributed by atoms with van der Waals surface area (Å²) in [5.41, 5.74) is 3.84. The molecule has 1 N–H and O–H groups in total. The zero-order valence-corrected chi connectivity index (χ0v) is 19.6. The summed E-state index contributed by atoms with van der Waals surface area (Å²) in [7, 11) is 1.56. The molecule has 1 saturated heterocycles. The molecular formula is C26H23N7O3. The predicted octanol–water partition coefficient (Wildman–Crippen LogP) is 3.29. The Morgan fingerprint density at radius 3 is 2.86 bits per heavy atom. The molecule has 1 aliphatic heterocycles. The van der Waals surface area contributed by atoms with Crippen LogP contribution in [0.15, 0.2) is 67.8 Å². The van der Waals surface area contributed by atoms with Crippen LogP contribution in [-0.2, 0) is 4.79 Å². The summed E-state index contributed by atoms with van der Waals surface area (Å²) in [4.78, 5) is 26.5. The molecule has 0 aliphatic carbocycles. The van der Waals surface area contributed by atoms with Crippen LogP contribution in [-0.4, -0.2) is 56.3 Å². The Labute approximate surface area is 207 Å². The molecule has 4 aromatic rings. The van der Waals surface area contributed by atoms with Crippen molar-refractivity contribution in [1.82, 2.24) is 24.3 Å². The van der Waals surface area contributed by atoms with Crippen molar-refractivity contribution in [3.05, 3.63) is 78.9 Å². The summed E-state index contributed by atoms with van der Waals surface area (Å²) in [6, 6.07) is 10.9. The average Bonchev–Trinajstić information content (AvgIpc) is 3.67. The second-order valence-corrected chi connectivity index (χ2v) is 8.44. The van der Waals surface area contributed by atoms with Crippen LogP contribution in [0, 0.1) is 11.3 Å². The molecule has 1 fully saturated rings. The number of benzene rings is 1. The van der Waals surface area contributed by atoms with Crippen molar-refractivity contribution in [2.45, 2.75) is 12.5 Å². The van der Waals surface area contributed by atoms with Gasteiger partial charge in [0.05, 0.1) is 25.5 Å². The van der Waals surface area contributed by atoms with E-state index in [2.05, 4.69) is 28.2 Å². The van der Waals surface area contributed by atoms with E-state index in [1.807, 2.05) is 23.1 Å². The van der Waals surface area contributed by atoms with Gasteiger partial charge < -0.3 is 15.0 Å². The first kappa shape index (κ1) is 22.9. The van der Waals surface area contributed by atoms with Gasteiger partial charge in [0.2, 0.25) is 5.91 Å². The van der Waals surface area contributed by atoms with Gasteiger partial charge >= 0.3 is 0 Å². The summed E-state index contributed by atoms with van der Waals surface area (Å²) in [5.74, 6) is 0.130. The third kappa shape index (κ3) is 4.18. The molecule has 2 amide bonds. The maximum absolute atomic E-state index is 13.1. The first-order valence-corrected chi connectivity index (χ1v) is 11.3. The van der Waals surface area contributed by atoms with Crippen LogP contribution in [0.1, 0.15) is 28.4 Å². The minimum Gasteiger partial charge on any atom is -0.494 e. The summed E-state index contributed by atoms with van der Waals surface area (Å²) in [6.45, 7) is 4.57. The molecular weight excluding hydrogens is 458 g/mol. The van der Waals surface area contributed by atoms with E-state index >= 15 is 0 Å². The molecule has 5 rings (SSSR count). The van der Waals surface area contributed by atoms with Crippen molar-refractivity contribution in [1.29, 1.82) is 5.26 Å². The number of anilines is 1. The molecule has 0 radical (unpaired) electrons. The van der Waals surface area contributed by atoms with E-state index in [0.29, 0.717) is 41.2 Å². The molecule has 1 aliphatic rings. The largest absolute Gasteiger partial charge is 0.494 e. The average molecular weight is 482 g/mol. The highest BCUT2D eigenvalue weighted by atomic mass is 16.5. The number of carbonyl (C=O) groups is 2. The molecule has 4 heterocycles. The van der Waals surface area contributed by atoms with E-state index in [1.165, 1.54) is 12.3 Å². The fourth-order valence-corrected chi connectivity index (χ4v) is 4.41. The lowest BCUT2D eigenvalue weighted by Crippen LogP contribution is -2.29. The first-order valence-electron chi connectivity index (χ1n) is 11.3. The third-order valence-corrected chi connectivity index (χ3v) is 6.24. The minimum atomic E-state index is -0.329. The Kier molecular flexibility index (Phi) is 5.96. The van der Waals surface area contributed by atoms with Crippen LogP contribution >= 0.6 is 0 Å². The first-order chi connectivity index (χ1) is 17.5. The molecule has 1 aromatic carbocycles. The number of ether oxygens (including phenoxy) is 1. The molecule has 10 nitrogen and oxygen atoms in total. The van der Waals surface area contributed by atoms with Gasteiger partial charge in [-0.2, -0.15) is 15.5 Å². The van der Waals surface area contributed by atoms with E-state index < -0.39 is 0 Å². The van der Waals surface area contributed by atoms with Gasteiger partial charge in [-0.05, 0) is 36.8 Å². The third-order valence-electron chi connectivity index (χ3n) is 6.24. The number of rotatable bonds is 6. The number of likely N-dealkylation sites (tertiary alicyclic amines) is 1.